The average Bonchev–Trinajstić information content (AvgIpc) is 2.67. The lowest BCUT2D eigenvalue weighted by Crippen LogP contribution is -2.39. The lowest BCUT2D eigenvalue weighted by Gasteiger charge is -2.20. The molecule has 5 nitrogen and oxygen atoms in total. The largest absolute Gasteiger partial charge is 0.348 e. The van der Waals surface area contributed by atoms with Crippen LogP contribution in [-0.2, 0) is 14.8 Å². The second-order valence-corrected chi connectivity index (χ2v) is 9.05. The van der Waals surface area contributed by atoms with Gasteiger partial charge in [0.1, 0.15) is 0 Å². The highest BCUT2D eigenvalue weighted by atomic mass is 35.5. The molecular weight excluding hydrogens is 396 g/mol. The van der Waals surface area contributed by atoms with E-state index < -0.39 is 10.0 Å². The molecule has 3 rings (SSSR count). The van der Waals surface area contributed by atoms with Crippen LogP contribution >= 0.6 is 11.6 Å². The third-order valence-electron chi connectivity index (χ3n) is 4.56. The number of likely N-dealkylation sites (N-methyl/N-ethyl adjacent to an activating group) is 1. The standard InChI is InChI=1S/C21H21ClN2O3S/c1-15(19-9-5-7-16-6-3-4-8-20(16)19)23-21(25)14-24(2)28(26,27)18-12-10-17(22)11-13-18/h3-13,15H,14H2,1-2H3,(H,23,25). The van der Waals surface area contributed by atoms with Crippen LogP contribution < -0.4 is 5.32 Å². The first-order valence-electron chi connectivity index (χ1n) is 8.78. The summed E-state index contributed by atoms with van der Waals surface area (Å²) < 4.78 is 26.3. The van der Waals surface area contributed by atoms with E-state index in [-0.39, 0.29) is 23.4 Å². The highest BCUT2D eigenvalue weighted by Gasteiger charge is 2.23. The van der Waals surface area contributed by atoms with Gasteiger partial charge in [0.15, 0.2) is 0 Å². The van der Waals surface area contributed by atoms with Crippen LogP contribution in [-0.4, -0.2) is 32.2 Å². The lowest BCUT2D eigenvalue weighted by molar-refractivity contribution is -0.121. The second-order valence-electron chi connectivity index (χ2n) is 6.57. The monoisotopic (exact) mass is 416 g/mol. The molecule has 0 bridgehead atoms. The van der Waals surface area contributed by atoms with Crippen LogP contribution in [0.1, 0.15) is 18.5 Å². The van der Waals surface area contributed by atoms with Crippen LogP contribution in [0.15, 0.2) is 71.6 Å². The zero-order valence-corrected chi connectivity index (χ0v) is 17.2. The van der Waals surface area contributed by atoms with Crippen molar-refractivity contribution in [3.05, 3.63) is 77.3 Å². The van der Waals surface area contributed by atoms with Crippen LogP contribution in [0.4, 0.5) is 0 Å². The van der Waals surface area contributed by atoms with Crippen LogP contribution in [0, 0.1) is 0 Å². The molecule has 3 aromatic carbocycles. The van der Waals surface area contributed by atoms with Gasteiger partial charge in [-0.2, -0.15) is 4.31 Å². The molecule has 28 heavy (non-hydrogen) atoms. The van der Waals surface area contributed by atoms with Gasteiger partial charge in [-0.15, -0.1) is 0 Å². The van der Waals surface area contributed by atoms with Crippen LogP contribution in [0.5, 0.6) is 0 Å². The van der Waals surface area contributed by atoms with Gasteiger partial charge in [-0.1, -0.05) is 54.1 Å². The predicted molar refractivity (Wildman–Crippen MR) is 112 cm³/mol. The Hall–Kier alpha value is -2.41. The summed E-state index contributed by atoms with van der Waals surface area (Å²) in [6, 6.07) is 19.4. The second kappa shape index (κ2) is 8.31. The zero-order valence-electron chi connectivity index (χ0n) is 15.6. The number of amides is 1. The van der Waals surface area contributed by atoms with Crippen molar-refractivity contribution in [3.8, 4) is 0 Å². The van der Waals surface area contributed by atoms with Crippen molar-refractivity contribution < 1.29 is 13.2 Å². The number of rotatable bonds is 6. The predicted octanol–water partition coefficient (Wildman–Crippen LogP) is 3.99. The molecule has 0 heterocycles. The Morgan fingerprint density at radius 3 is 2.39 bits per heavy atom. The number of carbonyl (C=O) groups excluding carboxylic acids is 1. The van der Waals surface area contributed by atoms with E-state index in [4.69, 9.17) is 11.6 Å². The van der Waals surface area contributed by atoms with Crippen molar-refractivity contribution in [3.63, 3.8) is 0 Å². The number of hydrogen-bond donors (Lipinski definition) is 1. The molecule has 0 aromatic heterocycles. The Morgan fingerprint density at radius 2 is 1.68 bits per heavy atom. The van der Waals surface area contributed by atoms with E-state index in [9.17, 15) is 13.2 Å². The minimum atomic E-state index is -3.77. The maximum Gasteiger partial charge on any atom is 0.243 e. The van der Waals surface area contributed by atoms with E-state index in [1.807, 2.05) is 49.4 Å². The Kier molecular flexibility index (Phi) is 6.03. The first kappa shape index (κ1) is 20.3. The Morgan fingerprint density at radius 1 is 1.04 bits per heavy atom. The molecule has 1 unspecified atom stereocenters. The number of hydrogen-bond acceptors (Lipinski definition) is 3. The van der Waals surface area contributed by atoms with Gasteiger partial charge < -0.3 is 5.32 Å². The summed E-state index contributed by atoms with van der Waals surface area (Å²) in [4.78, 5) is 12.6. The SMILES string of the molecule is CC(NC(=O)CN(C)S(=O)(=O)c1ccc(Cl)cc1)c1cccc2ccccc12. The number of fused-ring (bicyclic) bond motifs is 1. The van der Waals surface area contributed by atoms with E-state index in [1.54, 1.807) is 0 Å². The maximum absolute atomic E-state index is 12.6. The van der Waals surface area contributed by atoms with Gasteiger partial charge in [0.2, 0.25) is 15.9 Å². The van der Waals surface area contributed by atoms with Crippen molar-refractivity contribution in [2.75, 3.05) is 13.6 Å². The summed E-state index contributed by atoms with van der Waals surface area (Å²) in [5.41, 5.74) is 0.981. The summed E-state index contributed by atoms with van der Waals surface area (Å²) in [6.07, 6.45) is 0. The molecule has 0 saturated heterocycles. The highest BCUT2D eigenvalue weighted by molar-refractivity contribution is 7.89. The van der Waals surface area contributed by atoms with Crippen LogP contribution in [0.2, 0.25) is 5.02 Å². The number of sulfonamides is 1. The Labute approximate surface area is 170 Å². The molecule has 0 aliphatic rings. The molecular formula is C21H21ClN2O3S. The van der Waals surface area contributed by atoms with Gasteiger partial charge in [0.05, 0.1) is 17.5 Å². The number of nitrogens with one attached hydrogen (secondary N) is 1. The van der Waals surface area contributed by atoms with Crippen molar-refractivity contribution in [2.24, 2.45) is 0 Å². The molecule has 0 fully saturated rings. The number of benzene rings is 3. The quantitative estimate of drug-likeness (QED) is 0.660. The van der Waals surface area contributed by atoms with E-state index in [0.717, 1.165) is 20.6 Å². The third kappa shape index (κ3) is 4.35. The van der Waals surface area contributed by atoms with Gasteiger partial charge in [0, 0.05) is 12.1 Å². The summed E-state index contributed by atoms with van der Waals surface area (Å²) in [6.45, 7) is 1.60. The van der Waals surface area contributed by atoms with Crippen LogP contribution in [0.3, 0.4) is 0 Å². The van der Waals surface area contributed by atoms with E-state index in [0.29, 0.717) is 5.02 Å². The summed E-state index contributed by atoms with van der Waals surface area (Å²) in [5.74, 6) is -0.375. The molecule has 1 N–H and O–H groups in total. The molecule has 0 spiro atoms. The van der Waals surface area contributed by atoms with Crippen molar-refractivity contribution in [1.29, 1.82) is 0 Å². The minimum absolute atomic E-state index is 0.0919. The Bertz CT molecular complexity index is 1090. The fourth-order valence-corrected chi connectivity index (χ4v) is 4.32. The number of halogens is 1. The molecule has 0 radical (unpaired) electrons. The fraction of sp³-hybridized carbons (Fsp3) is 0.190. The van der Waals surface area contributed by atoms with Crippen molar-refractivity contribution in [1.82, 2.24) is 9.62 Å². The van der Waals surface area contributed by atoms with E-state index >= 15 is 0 Å². The summed E-state index contributed by atoms with van der Waals surface area (Å²) in [7, 11) is -2.39. The molecule has 0 aliphatic carbocycles. The third-order valence-corrected chi connectivity index (χ3v) is 6.63. The van der Waals surface area contributed by atoms with E-state index in [1.165, 1.54) is 31.3 Å². The maximum atomic E-state index is 12.6. The first-order valence-corrected chi connectivity index (χ1v) is 10.6. The van der Waals surface area contributed by atoms with Crippen LogP contribution in [0.25, 0.3) is 10.8 Å². The Balaban J connectivity index is 1.71. The van der Waals surface area contributed by atoms with E-state index in [2.05, 4.69) is 5.32 Å². The first-order chi connectivity index (χ1) is 13.3. The smallest absolute Gasteiger partial charge is 0.243 e. The molecule has 7 heteroatoms. The summed E-state index contributed by atoms with van der Waals surface area (Å²) in [5, 5.41) is 5.48. The average molecular weight is 417 g/mol. The molecule has 0 aliphatic heterocycles. The molecule has 3 aromatic rings. The highest BCUT2D eigenvalue weighted by Crippen LogP contribution is 2.24. The number of nitrogens with zero attached hydrogens (tertiary/aromatic N) is 1. The van der Waals surface area contributed by atoms with Gasteiger partial charge in [0.25, 0.3) is 0 Å². The minimum Gasteiger partial charge on any atom is -0.348 e. The molecule has 0 saturated carbocycles. The summed E-state index contributed by atoms with van der Waals surface area (Å²) >= 11 is 5.81. The van der Waals surface area contributed by atoms with Gasteiger partial charge in [-0.05, 0) is 47.5 Å². The molecule has 146 valence electrons. The number of carbonyl (C=O) groups is 1. The molecule has 1 amide bonds. The fourth-order valence-electron chi connectivity index (χ4n) is 3.07. The van der Waals surface area contributed by atoms with Gasteiger partial charge in [-0.3, -0.25) is 4.79 Å². The van der Waals surface area contributed by atoms with Crippen molar-refractivity contribution in [2.45, 2.75) is 17.9 Å². The van der Waals surface area contributed by atoms with Gasteiger partial charge >= 0.3 is 0 Å². The van der Waals surface area contributed by atoms with Gasteiger partial charge in [-0.25, -0.2) is 8.42 Å². The topological polar surface area (TPSA) is 66.5 Å². The lowest BCUT2D eigenvalue weighted by atomic mass is 10.00. The zero-order chi connectivity index (χ0) is 20.3. The normalized spacial score (nSPS) is 12.9. The van der Waals surface area contributed by atoms with Crippen molar-refractivity contribution >= 4 is 38.3 Å². The molecule has 1 atom stereocenters.